The quantitative estimate of drug-likeness (QED) is 0.0369. The predicted molar refractivity (Wildman–Crippen MR) is 309 cm³/mol. The van der Waals surface area contributed by atoms with Crippen molar-refractivity contribution in [3.8, 4) is 17.2 Å². The number of azo groups is 4. The summed E-state index contributed by atoms with van der Waals surface area (Å²) in [7, 11) is 8.90. The summed E-state index contributed by atoms with van der Waals surface area (Å²) < 4.78 is 27.9. The van der Waals surface area contributed by atoms with Crippen LogP contribution in [0.5, 0.6) is 17.2 Å². The van der Waals surface area contributed by atoms with Gasteiger partial charge in [0.15, 0.2) is 0 Å². The fourth-order valence-electron chi connectivity index (χ4n) is 8.97. The van der Waals surface area contributed by atoms with E-state index in [1.807, 2.05) is 148 Å². The molecule has 0 aliphatic carbocycles. The predicted octanol–water partition coefficient (Wildman–Crippen LogP) is 7.42. The van der Waals surface area contributed by atoms with E-state index in [9.17, 15) is 0 Å². The van der Waals surface area contributed by atoms with Crippen LogP contribution in [-0.2, 0) is 40.3 Å². The molecule has 0 saturated carbocycles. The lowest BCUT2D eigenvalue weighted by Crippen LogP contribution is -3.00. The Labute approximate surface area is 502 Å². The van der Waals surface area contributed by atoms with Crippen molar-refractivity contribution in [2.75, 3.05) is 52.4 Å². The zero-order valence-corrected chi connectivity index (χ0v) is 50.8. The molecule has 0 amide bonds. The molecule has 8 aromatic rings. The molecule has 23 heteroatoms. The van der Waals surface area contributed by atoms with Crippen molar-refractivity contribution in [2.45, 2.75) is 90.4 Å². The number of hydrogen-bond donors (Lipinski definition) is 1. The third-order valence-electron chi connectivity index (χ3n) is 13.6. The molecule has 21 nitrogen and oxygen atoms in total. The molecule has 4 aromatic heterocycles. The number of aryl methyl sites for hydroxylation is 6. The van der Waals surface area contributed by atoms with Gasteiger partial charge >= 0.3 is 11.9 Å². The molecule has 2 saturated heterocycles. The van der Waals surface area contributed by atoms with E-state index in [4.69, 9.17) is 14.2 Å². The molecule has 10 rings (SSSR count). The number of hydrogen-bond acceptors (Lipinski definition) is 15. The molecule has 0 atom stereocenters. The van der Waals surface area contributed by atoms with Gasteiger partial charge in [0, 0.05) is 66.9 Å². The van der Waals surface area contributed by atoms with E-state index in [1.165, 1.54) is 44.5 Å². The van der Waals surface area contributed by atoms with E-state index in [1.54, 1.807) is 33.7 Å². The van der Waals surface area contributed by atoms with Gasteiger partial charge in [0.25, 0.3) is 0 Å². The second-order valence-electron chi connectivity index (χ2n) is 19.3. The molecule has 1 N–H and O–H groups in total. The molecule has 4 aromatic carbocycles. The van der Waals surface area contributed by atoms with Gasteiger partial charge in [-0.1, -0.05) is 10.2 Å². The third-order valence-corrected chi connectivity index (χ3v) is 13.6. The lowest BCUT2D eigenvalue weighted by Gasteiger charge is -2.16. The SMILES string of the molecule is C1CCNC1.COc1ccc(N=Nc2nccn2CCCCCn2cc[n+](C)c2N=Nc2ccc(N3CCCC3)cc2)cc1.COc1ccc(N=Nc2nccn2CCCCCn2cc[n+](C)c2N=Nc2ccc(OC)cc2)cc1.[Br-].[Br-]. The molecule has 0 bridgehead atoms. The Bertz CT molecular complexity index is 3190. The summed E-state index contributed by atoms with van der Waals surface area (Å²) in [5, 5.41) is 38.3. The van der Waals surface area contributed by atoms with Crippen LogP contribution in [0.2, 0.25) is 0 Å². The first-order chi connectivity index (χ1) is 39.3. The third kappa shape index (κ3) is 19.8. The zero-order chi connectivity index (χ0) is 55.6. The topological polar surface area (TPSA) is 195 Å². The fraction of sp³-hybridized carbons (Fsp3) is 0.390. The molecular formula is C59H76Br2N18O3. The Balaban J connectivity index is 0.000000238. The number of ether oxygens (including phenoxy) is 3. The summed E-state index contributed by atoms with van der Waals surface area (Å²) in [4.78, 5) is 11.1. The van der Waals surface area contributed by atoms with Crippen molar-refractivity contribution in [1.82, 2.24) is 33.6 Å². The maximum absolute atomic E-state index is 5.19. The van der Waals surface area contributed by atoms with Crippen LogP contribution in [0.1, 0.15) is 64.2 Å². The maximum atomic E-state index is 5.19. The zero-order valence-electron chi connectivity index (χ0n) is 47.7. The highest BCUT2D eigenvalue weighted by Gasteiger charge is 2.17. The number of nitrogens with one attached hydrogen (secondary N) is 1. The number of aromatic nitrogens is 8. The fourth-order valence-corrected chi connectivity index (χ4v) is 8.97. The number of imidazole rings is 4. The van der Waals surface area contributed by atoms with Crippen molar-refractivity contribution < 1.29 is 57.3 Å². The summed E-state index contributed by atoms with van der Waals surface area (Å²) in [5.74, 6) is 5.24. The second kappa shape index (κ2) is 34.5. The van der Waals surface area contributed by atoms with Gasteiger partial charge in [-0.05, 0) is 174 Å². The lowest BCUT2D eigenvalue weighted by atomic mass is 10.2. The number of halogens is 2. The van der Waals surface area contributed by atoms with E-state index in [0.29, 0.717) is 11.9 Å². The number of methoxy groups -OCH3 is 3. The first kappa shape index (κ1) is 63.4. The Hall–Kier alpha value is -7.76. The van der Waals surface area contributed by atoms with Gasteiger partial charge in [-0.3, -0.25) is 0 Å². The van der Waals surface area contributed by atoms with Gasteiger partial charge in [-0.15, -0.1) is 20.5 Å². The molecule has 82 heavy (non-hydrogen) atoms. The van der Waals surface area contributed by atoms with Gasteiger partial charge in [-0.25, -0.2) is 28.2 Å². The molecule has 0 unspecified atom stereocenters. The van der Waals surface area contributed by atoms with E-state index in [-0.39, 0.29) is 34.0 Å². The highest BCUT2D eigenvalue weighted by Crippen LogP contribution is 2.26. The average molecular weight is 1250 g/mol. The number of nitrogens with zero attached hydrogens (tertiary/aromatic N) is 17. The van der Waals surface area contributed by atoms with Crippen LogP contribution in [0.4, 0.5) is 52.2 Å². The molecule has 2 aliphatic rings. The van der Waals surface area contributed by atoms with Gasteiger partial charge in [-0.2, -0.15) is 0 Å². The van der Waals surface area contributed by atoms with Crippen LogP contribution < -0.4 is 67.5 Å². The van der Waals surface area contributed by atoms with E-state index >= 15 is 0 Å². The van der Waals surface area contributed by atoms with Gasteiger partial charge in [0.1, 0.15) is 28.6 Å². The lowest BCUT2D eigenvalue weighted by molar-refractivity contribution is -0.657. The largest absolute Gasteiger partial charge is 1.00 e. The van der Waals surface area contributed by atoms with Crippen molar-refractivity contribution in [2.24, 2.45) is 55.0 Å². The highest BCUT2D eigenvalue weighted by atomic mass is 79.9. The summed E-state index contributed by atoms with van der Waals surface area (Å²) in [6.45, 7) is 8.21. The number of rotatable bonds is 24. The summed E-state index contributed by atoms with van der Waals surface area (Å²) in [6, 6.07) is 30.8. The first-order valence-electron chi connectivity index (χ1n) is 27.6. The molecule has 2 fully saturated rings. The summed E-state index contributed by atoms with van der Waals surface area (Å²) in [6.07, 6.45) is 27.1. The van der Waals surface area contributed by atoms with Crippen molar-refractivity contribution >= 4 is 52.2 Å². The second-order valence-corrected chi connectivity index (χ2v) is 19.3. The summed E-state index contributed by atoms with van der Waals surface area (Å²) in [5.41, 5.74) is 4.43. The van der Waals surface area contributed by atoms with Crippen LogP contribution in [0.3, 0.4) is 0 Å². The number of anilines is 1. The Kier molecular flexibility index (Phi) is 26.7. The van der Waals surface area contributed by atoms with E-state index in [0.717, 1.165) is 130 Å². The number of unbranched alkanes of at least 4 members (excludes halogenated alkanes) is 4. The standard InChI is InChI=1S/C29H36N9O.C26H31N8O2.C4H9N.2BrH/c1-35-22-23-38(29(35)34-32-24-8-12-26(13-9-24)36-17-6-7-18-36)20-5-3-4-19-37-21-16-30-28(37)33-31-25-10-14-27(39-2)15-11-25;1-32-19-20-34(26(32)31-29-22-9-13-24(36-3)14-10-22)17-6-4-5-16-33-18-15-27-25(33)30-28-21-7-11-23(35-2)12-8-21;1-2-4-5-3-1;;/h8-16,21-23H,3-7,17-20H2,1-2H3;7-15,18-20H,4-6,16-17H2,1-3H3;5H,1-4H2;2*1H/q2*+1;;;/p-2. The smallest absolute Gasteiger partial charge is 0.421 e. The van der Waals surface area contributed by atoms with Crippen LogP contribution in [0.15, 0.2) is 188 Å². The van der Waals surface area contributed by atoms with Crippen molar-refractivity contribution in [3.05, 3.63) is 147 Å². The minimum absolute atomic E-state index is 0. The normalized spacial score (nSPS) is 13.1. The molecular weight excluding hydrogens is 1170 g/mol. The van der Waals surface area contributed by atoms with Gasteiger partial charge < -0.3 is 67.5 Å². The average Bonchev–Trinajstić information content (AvgIpc) is 4.48. The minimum Gasteiger partial charge on any atom is -1.00 e. The van der Waals surface area contributed by atoms with Crippen LogP contribution in [0, 0.1) is 0 Å². The highest BCUT2D eigenvalue weighted by molar-refractivity contribution is 5.53. The Morgan fingerprint density at radius 2 is 0.780 bits per heavy atom. The molecule has 6 heterocycles. The Morgan fingerprint density at radius 1 is 0.427 bits per heavy atom. The molecule has 0 spiro atoms. The van der Waals surface area contributed by atoms with Crippen LogP contribution in [-0.4, -0.2) is 75.7 Å². The van der Waals surface area contributed by atoms with Crippen molar-refractivity contribution in [3.63, 3.8) is 0 Å². The van der Waals surface area contributed by atoms with Crippen LogP contribution in [0.25, 0.3) is 0 Å². The molecule has 2 aliphatic heterocycles. The van der Waals surface area contributed by atoms with Gasteiger partial charge in [0.2, 0.25) is 11.9 Å². The van der Waals surface area contributed by atoms with E-state index in [2.05, 4.69) is 88.6 Å². The maximum Gasteiger partial charge on any atom is 0.421 e. The first-order valence-corrected chi connectivity index (χ1v) is 27.6. The monoisotopic (exact) mass is 1240 g/mol. The van der Waals surface area contributed by atoms with Crippen LogP contribution >= 0.6 is 0 Å². The molecule has 434 valence electrons. The van der Waals surface area contributed by atoms with Crippen molar-refractivity contribution in [1.29, 1.82) is 0 Å². The number of benzene rings is 4. The minimum atomic E-state index is 0. The molecule has 0 radical (unpaired) electrons. The van der Waals surface area contributed by atoms with E-state index < -0.39 is 0 Å². The Morgan fingerprint density at radius 3 is 1.13 bits per heavy atom. The van der Waals surface area contributed by atoms with Gasteiger partial charge in [0.05, 0.1) is 84.7 Å². The summed E-state index contributed by atoms with van der Waals surface area (Å²) >= 11 is 0.